The third kappa shape index (κ3) is 2.89. The van der Waals surface area contributed by atoms with Gasteiger partial charge >= 0.3 is 0 Å². The zero-order valence-electron chi connectivity index (χ0n) is 9.06. The SMILES string of the molecule is CCCC1CCC(C#N)(CCCl)CC1. The largest absolute Gasteiger partial charge is 0.198 e. The van der Waals surface area contributed by atoms with Crippen LogP contribution in [0.25, 0.3) is 0 Å². The molecule has 0 unspecified atom stereocenters. The highest BCUT2D eigenvalue weighted by Gasteiger charge is 2.34. The highest BCUT2D eigenvalue weighted by Crippen LogP contribution is 2.42. The third-order valence-electron chi connectivity index (χ3n) is 3.57. The summed E-state index contributed by atoms with van der Waals surface area (Å²) in [7, 11) is 0. The lowest BCUT2D eigenvalue weighted by atomic mass is 9.69. The molecule has 0 aliphatic heterocycles. The Labute approximate surface area is 92.4 Å². The lowest BCUT2D eigenvalue weighted by Gasteiger charge is -2.34. The van der Waals surface area contributed by atoms with Crippen molar-refractivity contribution in [2.75, 3.05) is 5.88 Å². The molecule has 80 valence electrons. The number of hydrogen-bond acceptors (Lipinski definition) is 1. The van der Waals surface area contributed by atoms with Crippen LogP contribution in [0.3, 0.4) is 0 Å². The Bertz CT molecular complexity index is 199. The molecule has 1 aliphatic rings. The molecule has 0 spiro atoms. The molecule has 0 atom stereocenters. The smallest absolute Gasteiger partial charge is 0.0690 e. The molecule has 0 bridgehead atoms. The summed E-state index contributed by atoms with van der Waals surface area (Å²) in [6.07, 6.45) is 8.10. The van der Waals surface area contributed by atoms with Crippen molar-refractivity contribution >= 4 is 11.6 Å². The Hall–Kier alpha value is -0.220. The Morgan fingerprint density at radius 2 is 2.07 bits per heavy atom. The van der Waals surface area contributed by atoms with Gasteiger partial charge in [-0.15, -0.1) is 11.6 Å². The lowest BCUT2D eigenvalue weighted by molar-refractivity contribution is 0.197. The average molecular weight is 214 g/mol. The summed E-state index contributed by atoms with van der Waals surface area (Å²) in [6, 6.07) is 2.50. The van der Waals surface area contributed by atoms with Gasteiger partial charge in [-0.25, -0.2) is 0 Å². The maximum absolute atomic E-state index is 9.18. The van der Waals surface area contributed by atoms with Gasteiger partial charge in [-0.3, -0.25) is 0 Å². The molecule has 0 saturated heterocycles. The van der Waals surface area contributed by atoms with Crippen LogP contribution in [0.5, 0.6) is 0 Å². The Balaban J connectivity index is 2.43. The summed E-state index contributed by atoms with van der Waals surface area (Å²) in [6.45, 7) is 2.24. The third-order valence-corrected chi connectivity index (χ3v) is 3.76. The molecule has 0 aromatic rings. The molecule has 1 rings (SSSR count). The second kappa shape index (κ2) is 5.61. The summed E-state index contributed by atoms with van der Waals surface area (Å²) >= 11 is 5.75. The fraction of sp³-hybridized carbons (Fsp3) is 0.917. The van der Waals surface area contributed by atoms with Crippen LogP contribution in [-0.4, -0.2) is 5.88 Å². The van der Waals surface area contributed by atoms with Gasteiger partial charge in [0.25, 0.3) is 0 Å². The molecule has 0 heterocycles. The van der Waals surface area contributed by atoms with Gasteiger partial charge in [0.15, 0.2) is 0 Å². The predicted molar refractivity (Wildman–Crippen MR) is 60.2 cm³/mol. The first-order valence-corrected chi connectivity index (χ1v) is 6.27. The van der Waals surface area contributed by atoms with Crippen molar-refractivity contribution in [1.29, 1.82) is 5.26 Å². The van der Waals surface area contributed by atoms with Crippen molar-refractivity contribution in [2.24, 2.45) is 11.3 Å². The van der Waals surface area contributed by atoms with E-state index in [0.717, 1.165) is 25.2 Å². The van der Waals surface area contributed by atoms with Crippen molar-refractivity contribution < 1.29 is 0 Å². The van der Waals surface area contributed by atoms with E-state index in [-0.39, 0.29) is 5.41 Å². The molecule has 1 nitrogen and oxygen atoms in total. The molecule has 0 radical (unpaired) electrons. The van der Waals surface area contributed by atoms with E-state index in [0.29, 0.717) is 5.88 Å². The van der Waals surface area contributed by atoms with Gasteiger partial charge in [-0.2, -0.15) is 5.26 Å². The molecule has 1 saturated carbocycles. The van der Waals surface area contributed by atoms with Crippen LogP contribution < -0.4 is 0 Å². The summed E-state index contributed by atoms with van der Waals surface area (Å²) in [5, 5.41) is 9.18. The molecule has 2 heteroatoms. The maximum Gasteiger partial charge on any atom is 0.0690 e. The minimum Gasteiger partial charge on any atom is -0.198 e. The van der Waals surface area contributed by atoms with Gasteiger partial charge in [0.05, 0.1) is 11.5 Å². The van der Waals surface area contributed by atoms with Crippen LogP contribution in [0.15, 0.2) is 0 Å². The quantitative estimate of drug-likeness (QED) is 0.645. The van der Waals surface area contributed by atoms with E-state index < -0.39 is 0 Å². The molecule has 0 aromatic heterocycles. The predicted octanol–water partition coefficient (Wildman–Crippen LogP) is 4.12. The fourth-order valence-corrected chi connectivity index (χ4v) is 2.89. The second-order valence-corrected chi connectivity index (χ2v) is 4.94. The topological polar surface area (TPSA) is 23.8 Å². The van der Waals surface area contributed by atoms with E-state index in [1.54, 1.807) is 0 Å². The van der Waals surface area contributed by atoms with Gasteiger partial charge < -0.3 is 0 Å². The van der Waals surface area contributed by atoms with Gasteiger partial charge in [0.1, 0.15) is 0 Å². The van der Waals surface area contributed by atoms with Crippen molar-refractivity contribution in [3.05, 3.63) is 0 Å². The Morgan fingerprint density at radius 3 is 2.50 bits per heavy atom. The molecule has 0 aromatic carbocycles. The van der Waals surface area contributed by atoms with E-state index in [1.807, 2.05) is 0 Å². The number of nitrogens with zero attached hydrogens (tertiary/aromatic N) is 1. The van der Waals surface area contributed by atoms with Crippen LogP contribution in [0.1, 0.15) is 51.9 Å². The minimum atomic E-state index is -0.0774. The van der Waals surface area contributed by atoms with Crippen molar-refractivity contribution in [1.82, 2.24) is 0 Å². The molecule has 14 heavy (non-hydrogen) atoms. The van der Waals surface area contributed by atoms with Gasteiger partial charge in [0.2, 0.25) is 0 Å². The summed E-state index contributed by atoms with van der Waals surface area (Å²) in [5.41, 5.74) is -0.0774. The number of halogens is 1. The maximum atomic E-state index is 9.18. The Morgan fingerprint density at radius 1 is 1.43 bits per heavy atom. The van der Waals surface area contributed by atoms with E-state index in [2.05, 4.69) is 13.0 Å². The first kappa shape index (κ1) is 11.9. The molecule has 0 N–H and O–H groups in total. The lowest BCUT2D eigenvalue weighted by Crippen LogP contribution is -2.26. The fourth-order valence-electron chi connectivity index (χ4n) is 2.53. The van der Waals surface area contributed by atoms with Crippen molar-refractivity contribution in [2.45, 2.75) is 51.9 Å². The molecular weight excluding hydrogens is 194 g/mol. The highest BCUT2D eigenvalue weighted by atomic mass is 35.5. The standard InChI is InChI=1S/C12H20ClN/c1-2-3-11-4-6-12(10-14,7-5-11)8-9-13/h11H,2-9H2,1H3. The van der Waals surface area contributed by atoms with Crippen LogP contribution in [0.4, 0.5) is 0 Å². The zero-order chi connectivity index (χ0) is 10.4. The van der Waals surface area contributed by atoms with Crippen molar-refractivity contribution in [3.8, 4) is 6.07 Å². The average Bonchev–Trinajstić information content (AvgIpc) is 2.22. The van der Waals surface area contributed by atoms with E-state index in [9.17, 15) is 5.26 Å². The number of nitriles is 1. The van der Waals surface area contributed by atoms with Crippen LogP contribution >= 0.6 is 11.6 Å². The molecular formula is C12H20ClN. The van der Waals surface area contributed by atoms with E-state index in [4.69, 9.17) is 11.6 Å². The number of rotatable bonds is 4. The number of alkyl halides is 1. The molecule has 1 fully saturated rings. The van der Waals surface area contributed by atoms with E-state index in [1.165, 1.54) is 25.7 Å². The zero-order valence-corrected chi connectivity index (χ0v) is 9.82. The molecule has 0 amide bonds. The van der Waals surface area contributed by atoms with Crippen LogP contribution in [0, 0.1) is 22.7 Å². The highest BCUT2D eigenvalue weighted by molar-refractivity contribution is 6.17. The second-order valence-electron chi connectivity index (χ2n) is 4.56. The first-order valence-electron chi connectivity index (χ1n) is 5.73. The monoisotopic (exact) mass is 213 g/mol. The summed E-state index contributed by atoms with van der Waals surface area (Å²) in [4.78, 5) is 0. The van der Waals surface area contributed by atoms with Crippen LogP contribution in [-0.2, 0) is 0 Å². The van der Waals surface area contributed by atoms with Gasteiger partial charge in [-0.05, 0) is 38.0 Å². The summed E-state index contributed by atoms with van der Waals surface area (Å²) < 4.78 is 0. The van der Waals surface area contributed by atoms with Crippen molar-refractivity contribution in [3.63, 3.8) is 0 Å². The normalized spacial score (nSPS) is 32.5. The first-order chi connectivity index (χ1) is 6.76. The van der Waals surface area contributed by atoms with Gasteiger partial charge in [0, 0.05) is 5.88 Å². The van der Waals surface area contributed by atoms with Gasteiger partial charge in [-0.1, -0.05) is 19.8 Å². The summed E-state index contributed by atoms with van der Waals surface area (Å²) in [5.74, 6) is 1.50. The number of hydrogen-bond donors (Lipinski definition) is 0. The molecule has 1 aliphatic carbocycles. The van der Waals surface area contributed by atoms with E-state index >= 15 is 0 Å². The van der Waals surface area contributed by atoms with Crippen LogP contribution in [0.2, 0.25) is 0 Å². The Kier molecular flexibility index (Phi) is 4.75. The minimum absolute atomic E-state index is 0.0774.